The average molecular weight is 307 g/mol. The van der Waals surface area contributed by atoms with Gasteiger partial charge in [0.25, 0.3) is 0 Å². The zero-order chi connectivity index (χ0) is 15.1. The number of ether oxygens (including phenoxy) is 1. The Morgan fingerprint density at radius 3 is 2.35 bits per heavy atom. The van der Waals surface area contributed by atoms with Gasteiger partial charge in [0, 0.05) is 0 Å². The Morgan fingerprint density at radius 1 is 1.20 bits per heavy atom. The molecule has 0 saturated heterocycles. The predicted octanol–water partition coefficient (Wildman–Crippen LogP) is 4.77. The first-order valence-corrected chi connectivity index (χ1v) is 7.85. The maximum absolute atomic E-state index is 5.88. The minimum atomic E-state index is 0.508. The average Bonchev–Trinajstić information content (AvgIpc) is 2.42. The summed E-state index contributed by atoms with van der Waals surface area (Å²) in [6.07, 6.45) is 3.74. The van der Waals surface area contributed by atoms with Crippen LogP contribution in [0.25, 0.3) is 0 Å². The third kappa shape index (κ3) is 4.81. The standard InChI is InChI=1S/C18H24O.V/c1-7-8-15(6)12-19-16-9-10-17(13(2)3)18(11-16)14(4)5;/h6-11,13-14H,1,12H2,2-5H3;. The molecule has 0 spiro atoms. The monoisotopic (exact) mass is 307 g/mol. The van der Waals surface area contributed by atoms with Gasteiger partial charge in [-0.25, -0.2) is 0 Å². The van der Waals surface area contributed by atoms with Crippen LogP contribution in [0.15, 0.2) is 42.5 Å². The Bertz CT molecular complexity index is 498. The van der Waals surface area contributed by atoms with E-state index in [0.29, 0.717) is 18.4 Å². The van der Waals surface area contributed by atoms with E-state index < -0.39 is 0 Å². The van der Waals surface area contributed by atoms with Crippen LogP contribution in [0.1, 0.15) is 50.7 Å². The molecule has 0 amide bonds. The van der Waals surface area contributed by atoms with E-state index in [9.17, 15) is 0 Å². The molecule has 2 heteroatoms. The van der Waals surface area contributed by atoms with Crippen molar-refractivity contribution < 1.29 is 21.7 Å². The van der Waals surface area contributed by atoms with Gasteiger partial charge in [-0.15, -0.1) is 0 Å². The van der Waals surface area contributed by atoms with Crippen LogP contribution in [-0.2, 0) is 17.0 Å². The fourth-order valence-corrected chi connectivity index (χ4v) is 2.37. The summed E-state index contributed by atoms with van der Waals surface area (Å²) >= 11 is 2.46. The Labute approximate surface area is 132 Å². The van der Waals surface area contributed by atoms with Crippen molar-refractivity contribution in [2.75, 3.05) is 6.61 Å². The van der Waals surface area contributed by atoms with Crippen molar-refractivity contribution >= 4 is 4.73 Å². The second-order valence-electron chi connectivity index (χ2n) is 5.50. The molecule has 0 atom stereocenters. The predicted molar refractivity (Wildman–Crippen MR) is 84.5 cm³/mol. The molecule has 0 aliphatic heterocycles. The molecule has 0 aliphatic carbocycles. The number of hydrogen-bond donors (Lipinski definition) is 0. The summed E-state index contributed by atoms with van der Waals surface area (Å²) < 4.78 is 7.87. The molecule has 20 heavy (non-hydrogen) atoms. The summed E-state index contributed by atoms with van der Waals surface area (Å²) in [4.78, 5) is 0. The van der Waals surface area contributed by atoms with Gasteiger partial charge < -0.3 is 0 Å². The molecular formula is C18H24OV. The summed E-state index contributed by atoms with van der Waals surface area (Å²) in [5.74, 6) is 1.98. The minimum absolute atomic E-state index is 0.508. The Kier molecular flexibility index (Phi) is 7.05. The summed E-state index contributed by atoms with van der Waals surface area (Å²) in [6.45, 7) is 13.2. The van der Waals surface area contributed by atoms with Crippen LogP contribution in [0.4, 0.5) is 0 Å². The van der Waals surface area contributed by atoms with E-state index in [-0.39, 0.29) is 0 Å². The van der Waals surface area contributed by atoms with Gasteiger partial charge in [-0.2, -0.15) is 0 Å². The van der Waals surface area contributed by atoms with E-state index >= 15 is 0 Å². The van der Waals surface area contributed by atoms with Crippen LogP contribution in [0.2, 0.25) is 0 Å². The molecule has 0 unspecified atom stereocenters. The first-order chi connectivity index (χ1) is 9.49. The van der Waals surface area contributed by atoms with Crippen LogP contribution in [0.5, 0.6) is 5.75 Å². The van der Waals surface area contributed by atoms with Crippen LogP contribution in [0.3, 0.4) is 0 Å². The molecule has 1 rings (SSSR count). The fourth-order valence-electron chi connectivity index (χ4n) is 2.11. The van der Waals surface area contributed by atoms with Gasteiger partial charge in [-0.1, -0.05) is 0 Å². The van der Waals surface area contributed by atoms with E-state index in [1.165, 1.54) is 11.1 Å². The second kappa shape index (κ2) is 8.29. The number of hydrogen-bond acceptors (Lipinski definition) is 1. The summed E-state index contributed by atoms with van der Waals surface area (Å²) in [7, 11) is 0. The fraction of sp³-hybridized carbons (Fsp3) is 0.389. The van der Waals surface area contributed by atoms with Crippen molar-refractivity contribution in [2.24, 2.45) is 0 Å². The topological polar surface area (TPSA) is 9.23 Å². The van der Waals surface area contributed by atoms with Crippen LogP contribution in [-0.4, -0.2) is 11.3 Å². The van der Waals surface area contributed by atoms with Crippen molar-refractivity contribution in [3.63, 3.8) is 0 Å². The van der Waals surface area contributed by atoms with Gasteiger partial charge in [0.2, 0.25) is 0 Å². The number of benzene rings is 1. The van der Waals surface area contributed by atoms with E-state index in [1.807, 2.05) is 10.8 Å². The van der Waals surface area contributed by atoms with Crippen molar-refractivity contribution in [2.45, 2.75) is 39.5 Å². The van der Waals surface area contributed by atoms with Gasteiger partial charge in [0.15, 0.2) is 0 Å². The molecule has 0 aromatic heterocycles. The summed E-state index contributed by atoms with van der Waals surface area (Å²) in [6, 6.07) is 6.44. The third-order valence-electron chi connectivity index (χ3n) is 3.21. The molecule has 0 radical (unpaired) electrons. The molecule has 0 fully saturated rings. The maximum atomic E-state index is 5.88. The molecule has 0 bridgehead atoms. The Morgan fingerprint density at radius 2 is 1.85 bits per heavy atom. The van der Waals surface area contributed by atoms with Crippen LogP contribution >= 0.6 is 0 Å². The normalized spacial score (nSPS) is 11.8. The first-order valence-electron chi connectivity index (χ1n) is 7.05. The molecule has 0 aliphatic rings. The Balaban J connectivity index is 2.92. The van der Waals surface area contributed by atoms with Crippen LogP contribution < -0.4 is 4.74 Å². The van der Waals surface area contributed by atoms with Gasteiger partial charge in [-0.3, -0.25) is 0 Å². The zero-order valence-corrected chi connectivity index (χ0v) is 14.3. The number of rotatable bonds is 7. The quantitative estimate of drug-likeness (QED) is 0.659. The molecule has 1 aromatic carbocycles. The SMILES string of the molecule is C=CC=C([CH]=[V])COc1ccc(C(C)C)c(C(C)C)c1. The van der Waals surface area contributed by atoms with E-state index in [4.69, 9.17) is 4.74 Å². The Hall–Kier alpha value is -1.05. The van der Waals surface area contributed by atoms with Gasteiger partial charge in [-0.05, 0) is 0 Å². The summed E-state index contributed by atoms with van der Waals surface area (Å²) in [5.41, 5.74) is 3.90. The molecule has 1 nitrogen and oxygen atoms in total. The van der Waals surface area contributed by atoms with E-state index in [0.717, 1.165) is 11.3 Å². The van der Waals surface area contributed by atoms with Crippen molar-refractivity contribution in [1.82, 2.24) is 0 Å². The van der Waals surface area contributed by atoms with E-state index in [1.54, 1.807) is 6.08 Å². The first kappa shape index (κ1) is 17.0. The third-order valence-corrected chi connectivity index (χ3v) is 3.72. The molecule has 0 saturated carbocycles. The second-order valence-corrected chi connectivity index (χ2v) is 5.90. The molecular weight excluding hydrogens is 283 g/mol. The molecule has 107 valence electrons. The molecule has 0 N–H and O–H groups in total. The van der Waals surface area contributed by atoms with Gasteiger partial charge in [0.1, 0.15) is 0 Å². The van der Waals surface area contributed by atoms with Gasteiger partial charge >= 0.3 is 132 Å². The van der Waals surface area contributed by atoms with Crippen LogP contribution in [0, 0.1) is 0 Å². The van der Waals surface area contributed by atoms with Crippen molar-refractivity contribution in [3.8, 4) is 5.75 Å². The number of allylic oxidation sites excluding steroid dienone is 2. The zero-order valence-electron chi connectivity index (χ0n) is 12.9. The summed E-state index contributed by atoms with van der Waals surface area (Å²) in [5, 5.41) is 0. The van der Waals surface area contributed by atoms with Gasteiger partial charge in [0.05, 0.1) is 0 Å². The van der Waals surface area contributed by atoms with Crippen molar-refractivity contribution in [1.29, 1.82) is 0 Å². The molecule has 0 heterocycles. The molecule has 1 aromatic rings. The van der Waals surface area contributed by atoms with E-state index in [2.05, 4.69) is 69.5 Å². The van der Waals surface area contributed by atoms with Crippen molar-refractivity contribution in [3.05, 3.63) is 53.6 Å².